The van der Waals surface area contributed by atoms with Gasteiger partial charge >= 0.3 is 0 Å². The molecule has 0 spiro atoms. The van der Waals surface area contributed by atoms with E-state index >= 15 is 0 Å². The van der Waals surface area contributed by atoms with E-state index < -0.39 is 11.7 Å². The van der Waals surface area contributed by atoms with E-state index in [1.807, 2.05) is 0 Å². The van der Waals surface area contributed by atoms with Crippen LogP contribution in [0.5, 0.6) is 0 Å². The minimum Gasteiger partial charge on any atom is -0.379 e. The van der Waals surface area contributed by atoms with Crippen molar-refractivity contribution in [1.29, 1.82) is 0 Å². The number of anilines is 2. The van der Waals surface area contributed by atoms with Gasteiger partial charge in [-0.25, -0.2) is 9.02 Å². The Morgan fingerprint density at radius 2 is 2.22 bits per heavy atom. The summed E-state index contributed by atoms with van der Waals surface area (Å²) in [6.45, 7) is 0. The molecule has 0 unspecified atom stereocenters. The molecule has 2 rings (SSSR count). The summed E-state index contributed by atoms with van der Waals surface area (Å²) in [5, 5.41) is 9.05. The molecule has 0 aliphatic heterocycles. The number of benzene rings is 1. The molecule has 1 heterocycles. The first-order valence-corrected chi connectivity index (χ1v) is 5.70. The summed E-state index contributed by atoms with van der Waals surface area (Å²) >= 11 is 8.88. The first-order chi connectivity index (χ1) is 8.49. The predicted octanol–water partition coefficient (Wildman–Crippen LogP) is 2.46. The lowest BCUT2D eigenvalue weighted by Crippen LogP contribution is -2.15. The van der Waals surface area contributed by atoms with Gasteiger partial charge in [0.05, 0.1) is 10.7 Å². The Balaban J connectivity index is 2.31. The van der Waals surface area contributed by atoms with Crippen molar-refractivity contribution in [2.45, 2.75) is 0 Å². The molecule has 9 heteroatoms. The largest absolute Gasteiger partial charge is 0.379 e. The van der Waals surface area contributed by atoms with Gasteiger partial charge in [0.1, 0.15) is 5.82 Å². The number of rotatable bonds is 2. The lowest BCUT2D eigenvalue weighted by molar-refractivity contribution is 0.101. The lowest BCUT2D eigenvalue weighted by Gasteiger charge is -2.08. The third kappa shape index (κ3) is 2.44. The molecule has 1 amide bonds. The van der Waals surface area contributed by atoms with Crippen molar-refractivity contribution in [2.24, 2.45) is 0 Å². The second-order valence-electron chi connectivity index (χ2n) is 3.20. The highest BCUT2D eigenvalue weighted by molar-refractivity contribution is 9.10. The van der Waals surface area contributed by atoms with Crippen molar-refractivity contribution in [3.8, 4) is 0 Å². The SMILES string of the molecule is Nc1nonc1C(=O)Nc1c(Cl)cc(F)cc1Br. The maximum atomic E-state index is 13.0. The number of nitrogens with one attached hydrogen (secondary N) is 1. The number of carbonyl (C=O) groups excluding carboxylic acids is 1. The van der Waals surface area contributed by atoms with Crippen LogP contribution in [-0.2, 0) is 0 Å². The maximum Gasteiger partial charge on any atom is 0.281 e. The van der Waals surface area contributed by atoms with Crippen LogP contribution in [0.25, 0.3) is 0 Å². The van der Waals surface area contributed by atoms with Crippen molar-refractivity contribution in [2.75, 3.05) is 11.1 Å². The molecule has 3 N–H and O–H groups in total. The predicted molar refractivity (Wildman–Crippen MR) is 65.8 cm³/mol. The molecule has 0 bridgehead atoms. The number of nitrogens with zero attached hydrogens (tertiary/aromatic N) is 2. The average molecular weight is 336 g/mol. The van der Waals surface area contributed by atoms with E-state index in [1.54, 1.807) is 0 Å². The molecular formula is C9H5BrClFN4O2. The summed E-state index contributed by atoms with van der Waals surface area (Å²) in [6, 6.07) is 2.22. The molecule has 0 atom stereocenters. The topological polar surface area (TPSA) is 94.0 Å². The van der Waals surface area contributed by atoms with Gasteiger partial charge in [0.2, 0.25) is 11.5 Å². The fraction of sp³-hybridized carbons (Fsp3) is 0. The molecule has 1 aromatic carbocycles. The first kappa shape index (κ1) is 12.8. The van der Waals surface area contributed by atoms with Gasteiger partial charge < -0.3 is 11.1 Å². The van der Waals surface area contributed by atoms with Crippen molar-refractivity contribution >= 4 is 44.9 Å². The summed E-state index contributed by atoms with van der Waals surface area (Å²) in [5.74, 6) is -1.35. The number of carbonyl (C=O) groups is 1. The minimum atomic E-state index is -0.664. The summed E-state index contributed by atoms with van der Waals surface area (Å²) < 4.78 is 17.6. The number of amides is 1. The van der Waals surface area contributed by atoms with Gasteiger partial charge in [-0.1, -0.05) is 11.6 Å². The Morgan fingerprint density at radius 3 is 2.78 bits per heavy atom. The summed E-state index contributed by atoms with van der Waals surface area (Å²) in [7, 11) is 0. The Bertz CT molecular complexity index is 595. The van der Waals surface area contributed by atoms with E-state index in [-0.39, 0.29) is 26.7 Å². The van der Waals surface area contributed by atoms with Gasteiger partial charge in [-0.05, 0) is 38.4 Å². The smallest absolute Gasteiger partial charge is 0.281 e. The van der Waals surface area contributed by atoms with Crippen LogP contribution in [0.15, 0.2) is 21.2 Å². The van der Waals surface area contributed by atoms with E-state index in [2.05, 4.69) is 36.2 Å². The van der Waals surface area contributed by atoms with Crippen LogP contribution in [-0.4, -0.2) is 16.2 Å². The van der Waals surface area contributed by atoms with Crippen LogP contribution in [0.1, 0.15) is 10.5 Å². The zero-order chi connectivity index (χ0) is 13.3. The fourth-order valence-electron chi connectivity index (χ4n) is 1.19. The Morgan fingerprint density at radius 1 is 1.50 bits per heavy atom. The van der Waals surface area contributed by atoms with Gasteiger partial charge in [-0.2, -0.15) is 0 Å². The molecular weight excluding hydrogens is 330 g/mol. The molecule has 0 aliphatic rings. The quantitative estimate of drug-likeness (QED) is 0.879. The normalized spacial score (nSPS) is 10.4. The van der Waals surface area contributed by atoms with E-state index in [1.165, 1.54) is 0 Å². The maximum absolute atomic E-state index is 13.0. The van der Waals surface area contributed by atoms with Gasteiger partial charge in [0.25, 0.3) is 5.91 Å². The van der Waals surface area contributed by atoms with Crippen LogP contribution in [0.4, 0.5) is 15.9 Å². The molecule has 0 aliphatic carbocycles. The molecule has 6 nitrogen and oxygen atoms in total. The zero-order valence-electron chi connectivity index (χ0n) is 8.58. The number of hydrogen-bond donors (Lipinski definition) is 2. The van der Waals surface area contributed by atoms with Crippen LogP contribution in [0, 0.1) is 5.82 Å². The summed E-state index contributed by atoms with van der Waals surface area (Å²) in [5.41, 5.74) is 5.38. The number of aromatic nitrogens is 2. The fourth-order valence-corrected chi connectivity index (χ4v) is 2.09. The van der Waals surface area contributed by atoms with Crippen LogP contribution >= 0.6 is 27.5 Å². The lowest BCUT2D eigenvalue weighted by atomic mass is 10.3. The van der Waals surface area contributed by atoms with E-state index in [9.17, 15) is 9.18 Å². The number of halogens is 3. The monoisotopic (exact) mass is 334 g/mol. The minimum absolute atomic E-state index is 0.0326. The Labute approximate surface area is 113 Å². The second-order valence-corrected chi connectivity index (χ2v) is 4.46. The van der Waals surface area contributed by atoms with Gasteiger partial charge in [0, 0.05) is 4.47 Å². The van der Waals surface area contributed by atoms with Gasteiger partial charge in [-0.3, -0.25) is 4.79 Å². The zero-order valence-corrected chi connectivity index (χ0v) is 10.9. The first-order valence-electron chi connectivity index (χ1n) is 4.53. The highest BCUT2D eigenvalue weighted by Gasteiger charge is 2.18. The standard InChI is InChI=1S/C9H5BrClFN4O2/c10-4-1-3(12)2-5(11)6(4)14-9(17)7-8(13)16-18-15-7/h1-2H,(H2,13,16)(H,14,17). The van der Waals surface area contributed by atoms with Gasteiger partial charge in [0.15, 0.2) is 0 Å². The second kappa shape index (κ2) is 4.91. The summed E-state index contributed by atoms with van der Waals surface area (Å²) in [4.78, 5) is 11.8. The van der Waals surface area contributed by atoms with Crippen molar-refractivity contribution in [1.82, 2.24) is 10.3 Å². The van der Waals surface area contributed by atoms with Crippen molar-refractivity contribution in [3.05, 3.63) is 33.1 Å². The number of hydrogen-bond acceptors (Lipinski definition) is 5. The number of nitrogens with two attached hydrogens (primary N) is 1. The van der Waals surface area contributed by atoms with Crippen LogP contribution < -0.4 is 11.1 Å². The highest BCUT2D eigenvalue weighted by Crippen LogP contribution is 2.32. The summed E-state index contributed by atoms with van der Waals surface area (Å²) in [6.07, 6.45) is 0. The van der Waals surface area contributed by atoms with E-state index in [0.717, 1.165) is 12.1 Å². The van der Waals surface area contributed by atoms with Crippen LogP contribution in [0.3, 0.4) is 0 Å². The highest BCUT2D eigenvalue weighted by atomic mass is 79.9. The Hall–Kier alpha value is -1.67. The molecule has 0 fully saturated rings. The number of nitrogen functional groups attached to an aromatic ring is 1. The van der Waals surface area contributed by atoms with E-state index in [4.69, 9.17) is 17.3 Å². The molecule has 1 aromatic heterocycles. The van der Waals surface area contributed by atoms with Crippen molar-refractivity contribution in [3.63, 3.8) is 0 Å². The molecule has 0 radical (unpaired) electrons. The van der Waals surface area contributed by atoms with Crippen molar-refractivity contribution < 1.29 is 13.8 Å². The third-order valence-corrected chi connectivity index (χ3v) is 2.90. The Kier molecular flexibility index (Phi) is 3.48. The average Bonchev–Trinajstić information content (AvgIpc) is 2.69. The molecule has 0 saturated heterocycles. The molecule has 0 saturated carbocycles. The molecule has 18 heavy (non-hydrogen) atoms. The van der Waals surface area contributed by atoms with E-state index in [0.29, 0.717) is 0 Å². The van der Waals surface area contributed by atoms with Crippen LogP contribution in [0.2, 0.25) is 5.02 Å². The third-order valence-electron chi connectivity index (χ3n) is 1.97. The molecule has 94 valence electrons. The molecule has 2 aromatic rings. The van der Waals surface area contributed by atoms with Gasteiger partial charge in [-0.15, -0.1) is 0 Å².